The Kier molecular flexibility index (Phi) is 10.2. The molecular weight excluding hydrogens is 496 g/mol. The molecule has 2 saturated heterocycles. The zero-order valence-corrected chi connectivity index (χ0v) is 24.0. The van der Waals surface area contributed by atoms with Crippen LogP contribution in [0.3, 0.4) is 0 Å². The number of hydrogen-bond acceptors (Lipinski definition) is 5. The van der Waals surface area contributed by atoms with Crippen molar-refractivity contribution in [3.05, 3.63) is 95.3 Å². The number of amides is 1. The molecule has 0 atom stereocenters. The number of morpholine rings is 1. The molecule has 0 spiro atoms. The van der Waals surface area contributed by atoms with E-state index < -0.39 is 0 Å². The Morgan fingerprint density at radius 3 is 2.30 bits per heavy atom. The Morgan fingerprint density at radius 1 is 0.900 bits per heavy atom. The summed E-state index contributed by atoms with van der Waals surface area (Å²) in [5, 5.41) is 0. The van der Waals surface area contributed by atoms with Crippen molar-refractivity contribution in [3.63, 3.8) is 0 Å². The maximum atomic E-state index is 14.0. The summed E-state index contributed by atoms with van der Waals surface area (Å²) in [6, 6.07) is 21.5. The number of pyridine rings is 1. The van der Waals surface area contributed by atoms with Gasteiger partial charge in [0.2, 0.25) is 0 Å². The molecule has 2 fully saturated rings. The molecule has 0 N–H and O–H groups in total. The maximum absolute atomic E-state index is 14.0. The third-order valence-corrected chi connectivity index (χ3v) is 8.32. The van der Waals surface area contributed by atoms with Crippen LogP contribution in [0, 0.1) is 0 Å². The molecule has 0 saturated carbocycles. The molecule has 40 heavy (non-hydrogen) atoms. The van der Waals surface area contributed by atoms with Gasteiger partial charge >= 0.3 is 0 Å². The summed E-state index contributed by atoms with van der Waals surface area (Å²) in [6.07, 6.45) is 10.5. The molecule has 6 nitrogen and oxygen atoms in total. The summed E-state index contributed by atoms with van der Waals surface area (Å²) in [7, 11) is 0. The van der Waals surface area contributed by atoms with Crippen LogP contribution in [-0.4, -0.2) is 66.1 Å². The second-order valence-corrected chi connectivity index (χ2v) is 11.2. The van der Waals surface area contributed by atoms with E-state index in [9.17, 15) is 4.79 Å². The number of likely N-dealkylation sites (tertiary alicyclic amines) is 1. The van der Waals surface area contributed by atoms with Crippen molar-refractivity contribution in [2.45, 2.75) is 64.6 Å². The highest BCUT2D eigenvalue weighted by Crippen LogP contribution is 2.25. The number of aromatic nitrogens is 1. The molecule has 6 heteroatoms. The number of nitrogens with zero attached hydrogens (tertiary/aromatic N) is 4. The molecule has 5 rings (SSSR count). The van der Waals surface area contributed by atoms with Crippen LogP contribution in [0.25, 0.3) is 0 Å². The molecule has 0 bridgehead atoms. The van der Waals surface area contributed by atoms with Gasteiger partial charge in [0.25, 0.3) is 5.91 Å². The van der Waals surface area contributed by atoms with Crippen LogP contribution in [0.4, 0.5) is 5.69 Å². The summed E-state index contributed by atoms with van der Waals surface area (Å²) in [4.78, 5) is 25.3. The van der Waals surface area contributed by atoms with Gasteiger partial charge in [0, 0.05) is 69.0 Å². The first kappa shape index (κ1) is 28.3. The molecule has 3 aromatic rings. The van der Waals surface area contributed by atoms with Gasteiger partial charge in [-0.15, -0.1) is 0 Å². The fourth-order valence-electron chi connectivity index (χ4n) is 5.90. The number of piperidine rings is 1. The Bertz CT molecular complexity index is 1170. The van der Waals surface area contributed by atoms with Crippen LogP contribution < -0.4 is 4.90 Å². The molecular formula is C34H44N4O2. The zero-order chi connectivity index (χ0) is 27.6. The molecule has 1 amide bonds. The van der Waals surface area contributed by atoms with Crippen molar-refractivity contribution in [3.8, 4) is 0 Å². The number of aryl methyl sites for hydroxylation is 1. The monoisotopic (exact) mass is 540 g/mol. The predicted molar refractivity (Wildman–Crippen MR) is 162 cm³/mol. The highest BCUT2D eigenvalue weighted by molar-refractivity contribution is 5.94. The van der Waals surface area contributed by atoms with E-state index in [1.165, 1.54) is 41.6 Å². The Balaban J connectivity index is 1.28. The van der Waals surface area contributed by atoms with Crippen molar-refractivity contribution < 1.29 is 9.53 Å². The standard InChI is InChI=1S/C34H44N4O2/c1-2-3-4-6-28-8-12-31(13-9-28)34(39)38(27-29-10-14-32(15-11-29)37-21-23-40-24-22-37)33-16-19-36(20-17-33)26-30-7-5-18-35-25-30/h5,7-15,18,25,33H,2-4,6,16-17,19-24,26-27H2,1H3. The summed E-state index contributed by atoms with van der Waals surface area (Å²) >= 11 is 0. The van der Waals surface area contributed by atoms with Crippen LogP contribution in [0.5, 0.6) is 0 Å². The van der Waals surface area contributed by atoms with Crippen molar-refractivity contribution in [2.24, 2.45) is 0 Å². The molecule has 0 radical (unpaired) electrons. The molecule has 2 aromatic carbocycles. The van der Waals surface area contributed by atoms with Gasteiger partial charge in [-0.2, -0.15) is 0 Å². The fourth-order valence-corrected chi connectivity index (χ4v) is 5.90. The minimum Gasteiger partial charge on any atom is -0.378 e. The van der Waals surface area contributed by atoms with E-state index in [1.807, 2.05) is 30.6 Å². The van der Waals surface area contributed by atoms with E-state index in [0.29, 0.717) is 6.54 Å². The average molecular weight is 541 g/mol. The lowest BCUT2D eigenvalue weighted by atomic mass is 9.99. The first-order valence-electron chi connectivity index (χ1n) is 15.1. The summed E-state index contributed by atoms with van der Waals surface area (Å²) in [5.74, 6) is 0.142. The number of ether oxygens (including phenoxy) is 1. The van der Waals surface area contributed by atoms with Crippen molar-refractivity contribution in [1.82, 2.24) is 14.8 Å². The third kappa shape index (κ3) is 7.70. The zero-order valence-electron chi connectivity index (χ0n) is 24.0. The molecule has 212 valence electrons. The van der Waals surface area contributed by atoms with Crippen LogP contribution in [0.2, 0.25) is 0 Å². The van der Waals surface area contributed by atoms with Gasteiger partial charge < -0.3 is 14.5 Å². The van der Waals surface area contributed by atoms with Gasteiger partial charge in [0.15, 0.2) is 0 Å². The van der Waals surface area contributed by atoms with Gasteiger partial charge in [-0.25, -0.2) is 0 Å². The topological polar surface area (TPSA) is 48.9 Å². The minimum atomic E-state index is 0.142. The number of carbonyl (C=O) groups is 1. The van der Waals surface area contributed by atoms with Crippen LogP contribution in [0.15, 0.2) is 73.1 Å². The lowest BCUT2D eigenvalue weighted by Crippen LogP contribution is -2.46. The number of rotatable bonds is 11. The molecule has 2 aliphatic rings. The van der Waals surface area contributed by atoms with Gasteiger partial charge in [-0.1, -0.05) is 50.1 Å². The van der Waals surface area contributed by atoms with Gasteiger partial charge in [0.1, 0.15) is 0 Å². The third-order valence-electron chi connectivity index (χ3n) is 8.32. The second-order valence-electron chi connectivity index (χ2n) is 11.2. The maximum Gasteiger partial charge on any atom is 0.254 e. The van der Waals surface area contributed by atoms with Gasteiger partial charge in [0.05, 0.1) is 13.2 Å². The van der Waals surface area contributed by atoms with Crippen molar-refractivity contribution >= 4 is 11.6 Å². The lowest BCUT2D eigenvalue weighted by molar-refractivity contribution is 0.0542. The highest BCUT2D eigenvalue weighted by Gasteiger charge is 2.29. The van der Waals surface area contributed by atoms with Gasteiger partial charge in [-0.3, -0.25) is 14.7 Å². The average Bonchev–Trinajstić information content (AvgIpc) is 3.02. The van der Waals surface area contributed by atoms with Crippen LogP contribution in [0.1, 0.15) is 66.1 Å². The minimum absolute atomic E-state index is 0.142. The highest BCUT2D eigenvalue weighted by atomic mass is 16.5. The van der Waals surface area contributed by atoms with Crippen LogP contribution in [-0.2, 0) is 24.2 Å². The molecule has 0 aliphatic carbocycles. The normalized spacial score (nSPS) is 16.7. The summed E-state index contributed by atoms with van der Waals surface area (Å²) < 4.78 is 5.51. The number of unbranched alkanes of at least 4 members (excludes halogenated alkanes) is 2. The van der Waals surface area contributed by atoms with E-state index in [-0.39, 0.29) is 11.9 Å². The molecule has 2 aliphatic heterocycles. The quantitative estimate of drug-likeness (QED) is 0.281. The number of hydrogen-bond donors (Lipinski definition) is 0. The molecule has 1 aromatic heterocycles. The Morgan fingerprint density at radius 2 is 1.62 bits per heavy atom. The van der Waals surface area contributed by atoms with E-state index in [0.717, 1.165) is 70.8 Å². The van der Waals surface area contributed by atoms with Crippen molar-refractivity contribution in [2.75, 3.05) is 44.3 Å². The first-order chi connectivity index (χ1) is 19.7. The first-order valence-corrected chi connectivity index (χ1v) is 15.1. The van der Waals surface area contributed by atoms with Gasteiger partial charge in [-0.05, 0) is 72.7 Å². The van der Waals surface area contributed by atoms with Crippen molar-refractivity contribution in [1.29, 1.82) is 0 Å². The molecule has 3 heterocycles. The number of anilines is 1. The summed E-state index contributed by atoms with van der Waals surface area (Å²) in [6.45, 7) is 9.15. The lowest BCUT2D eigenvalue weighted by Gasteiger charge is -2.39. The fraction of sp³-hybridized carbons (Fsp3) is 0.471. The largest absolute Gasteiger partial charge is 0.378 e. The Labute approximate surface area is 240 Å². The van der Waals surface area contributed by atoms with E-state index >= 15 is 0 Å². The molecule has 0 unspecified atom stereocenters. The smallest absolute Gasteiger partial charge is 0.254 e. The summed E-state index contributed by atoms with van der Waals surface area (Å²) in [5.41, 5.74) is 5.76. The van der Waals surface area contributed by atoms with E-state index in [4.69, 9.17) is 4.74 Å². The Hall–Kier alpha value is -3.22. The van der Waals surface area contributed by atoms with E-state index in [1.54, 1.807) is 0 Å². The number of carbonyl (C=O) groups excluding carboxylic acids is 1. The van der Waals surface area contributed by atoms with Crippen LogP contribution >= 0.6 is 0 Å². The number of benzene rings is 2. The second kappa shape index (κ2) is 14.4. The van der Waals surface area contributed by atoms with E-state index in [2.05, 4.69) is 69.1 Å². The SMILES string of the molecule is CCCCCc1ccc(C(=O)N(Cc2ccc(N3CCOCC3)cc2)C2CCN(Cc3cccnc3)CC2)cc1. The predicted octanol–water partition coefficient (Wildman–Crippen LogP) is 5.96.